The summed E-state index contributed by atoms with van der Waals surface area (Å²) in [6.45, 7) is 1.64. The van der Waals surface area contributed by atoms with E-state index in [4.69, 9.17) is 9.47 Å². The number of pyridine rings is 2. The molecule has 0 bridgehead atoms. The van der Waals surface area contributed by atoms with E-state index in [1.165, 1.54) is 24.8 Å². The molecular weight excluding hydrogens is 272 g/mol. The number of hydrogen-bond acceptors (Lipinski definition) is 6. The number of hydrogen-bond donors (Lipinski definition) is 0. The highest BCUT2D eigenvalue weighted by atomic mass is 16.6. The molecule has 108 valence electrons. The van der Waals surface area contributed by atoms with Gasteiger partial charge in [-0.25, -0.2) is 9.59 Å². The summed E-state index contributed by atoms with van der Waals surface area (Å²) < 4.78 is 10.2. The molecule has 0 radical (unpaired) electrons. The lowest BCUT2D eigenvalue weighted by atomic mass is 10.3. The van der Waals surface area contributed by atoms with Crippen molar-refractivity contribution < 1.29 is 19.1 Å². The lowest BCUT2D eigenvalue weighted by Gasteiger charge is -2.13. The normalized spacial score (nSPS) is 11.5. The molecule has 1 atom stereocenters. The first-order chi connectivity index (χ1) is 10.2. The predicted molar refractivity (Wildman–Crippen MR) is 73.6 cm³/mol. The van der Waals surface area contributed by atoms with E-state index in [0.717, 1.165) is 0 Å². The number of nitrogens with zero attached hydrogens (tertiary/aromatic N) is 2. The maximum Gasteiger partial charge on any atom is 0.338 e. The van der Waals surface area contributed by atoms with Gasteiger partial charge in [-0.15, -0.1) is 0 Å². The van der Waals surface area contributed by atoms with Gasteiger partial charge in [0.2, 0.25) is 0 Å². The first-order valence-electron chi connectivity index (χ1n) is 6.35. The van der Waals surface area contributed by atoms with Crippen LogP contribution in [-0.2, 0) is 9.47 Å². The second-order valence-electron chi connectivity index (χ2n) is 4.29. The van der Waals surface area contributed by atoms with Crippen LogP contribution in [0.5, 0.6) is 0 Å². The molecule has 0 unspecified atom stereocenters. The van der Waals surface area contributed by atoms with Crippen molar-refractivity contribution in [1.29, 1.82) is 0 Å². The van der Waals surface area contributed by atoms with Gasteiger partial charge in [-0.3, -0.25) is 9.97 Å². The highest BCUT2D eigenvalue weighted by Gasteiger charge is 2.14. The first kappa shape index (κ1) is 14.6. The van der Waals surface area contributed by atoms with E-state index in [2.05, 4.69) is 9.97 Å². The molecular formula is C15H14N2O4. The average molecular weight is 286 g/mol. The number of ether oxygens (including phenoxy) is 2. The minimum Gasteiger partial charge on any atom is -0.458 e. The van der Waals surface area contributed by atoms with Gasteiger partial charge in [-0.05, 0) is 31.2 Å². The van der Waals surface area contributed by atoms with E-state index >= 15 is 0 Å². The second kappa shape index (κ2) is 7.14. The fraction of sp³-hybridized carbons (Fsp3) is 0.200. The van der Waals surface area contributed by atoms with Crippen LogP contribution in [0.2, 0.25) is 0 Å². The Balaban J connectivity index is 1.81. The van der Waals surface area contributed by atoms with Crippen LogP contribution in [0.1, 0.15) is 27.6 Å². The Morgan fingerprint density at radius 2 is 1.43 bits per heavy atom. The summed E-state index contributed by atoms with van der Waals surface area (Å²) in [5, 5.41) is 0. The molecule has 0 aromatic carbocycles. The molecule has 2 aromatic rings. The van der Waals surface area contributed by atoms with Gasteiger partial charge in [-0.1, -0.05) is 0 Å². The zero-order chi connectivity index (χ0) is 15.1. The molecule has 21 heavy (non-hydrogen) atoms. The van der Waals surface area contributed by atoms with Crippen molar-refractivity contribution in [1.82, 2.24) is 9.97 Å². The van der Waals surface area contributed by atoms with Gasteiger partial charge in [0.1, 0.15) is 12.7 Å². The van der Waals surface area contributed by atoms with Crippen LogP contribution in [0.3, 0.4) is 0 Å². The molecule has 0 amide bonds. The van der Waals surface area contributed by atoms with Crippen LogP contribution in [0.25, 0.3) is 0 Å². The molecule has 2 aromatic heterocycles. The van der Waals surface area contributed by atoms with E-state index in [9.17, 15) is 9.59 Å². The van der Waals surface area contributed by atoms with Gasteiger partial charge in [0.15, 0.2) is 0 Å². The van der Waals surface area contributed by atoms with Crippen molar-refractivity contribution in [3.63, 3.8) is 0 Å². The molecule has 0 fully saturated rings. The number of esters is 2. The number of aromatic nitrogens is 2. The zero-order valence-corrected chi connectivity index (χ0v) is 11.4. The van der Waals surface area contributed by atoms with Crippen LogP contribution < -0.4 is 0 Å². The summed E-state index contributed by atoms with van der Waals surface area (Å²) in [6.07, 6.45) is 5.47. The summed E-state index contributed by atoms with van der Waals surface area (Å²) in [7, 11) is 0. The van der Waals surface area contributed by atoms with Gasteiger partial charge >= 0.3 is 11.9 Å². The van der Waals surface area contributed by atoms with Crippen LogP contribution in [-0.4, -0.2) is 34.6 Å². The molecule has 0 saturated carbocycles. The van der Waals surface area contributed by atoms with Gasteiger partial charge < -0.3 is 9.47 Å². The monoisotopic (exact) mass is 286 g/mol. The zero-order valence-electron chi connectivity index (χ0n) is 11.4. The highest BCUT2D eigenvalue weighted by Crippen LogP contribution is 2.05. The molecule has 0 aliphatic carbocycles. The molecule has 0 aliphatic rings. The van der Waals surface area contributed by atoms with Crippen molar-refractivity contribution in [3.05, 3.63) is 60.2 Å². The van der Waals surface area contributed by atoms with Crippen molar-refractivity contribution >= 4 is 11.9 Å². The Kier molecular flexibility index (Phi) is 4.98. The summed E-state index contributed by atoms with van der Waals surface area (Å²) in [5.74, 6) is -0.964. The van der Waals surface area contributed by atoms with Crippen molar-refractivity contribution in [2.24, 2.45) is 0 Å². The minimum atomic E-state index is -0.545. The molecule has 6 nitrogen and oxygen atoms in total. The molecule has 0 N–H and O–H groups in total. The lowest BCUT2D eigenvalue weighted by Crippen LogP contribution is -2.22. The van der Waals surface area contributed by atoms with Crippen LogP contribution >= 0.6 is 0 Å². The van der Waals surface area contributed by atoms with Crippen LogP contribution in [0.15, 0.2) is 49.1 Å². The quantitative estimate of drug-likeness (QED) is 0.781. The van der Waals surface area contributed by atoms with Gasteiger partial charge in [0.05, 0.1) is 11.1 Å². The van der Waals surface area contributed by atoms with Crippen LogP contribution in [0.4, 0.5) is 0 Å². The molecule has 2 heterocycles. The van der Waals surface area contributed by atoms with Crippen LogP contribution in [0, 0.1) is 0 Å². The summed E-state index contributed by atoms with van der Waals surface area (Å²) >= 11 is 0. The van der Waals surface area contributed by atoms with Crippen molar-refractivity contribution in [2.75, 3.05) is 6.61 Å². The number of carbonyl (C=O) groups is 2. The third kappa shape index (κ3) is 4.38. The second-order valence-corrected chi connectivity index (χ2v) is 4.29. The van der Waals surface area contributed by atoms with Gasteiger partial charge in [0, 0.05) is 24.8 Å². The van der Waals surface area contributed by atoms with Crippen molar-refractivity contribution in [2.45, 2.75) is 13.0 Å². The van der Waals surface area contributed by atoms with E-state index < -0.39 is 18.0 Å². The van der Waals surface area contributed by atoms with E-state index in [-0.39, 0.29) is 6.61 Å². The molecule has 2 rings (SSSR count). The van der Waals surface area contributed by atoms with E-state index in [1.54, 1.807) is 31.2 Å². The Morgan fingerprint density at radius 3 is 1.95 bits per heavy atom. The van der Waals surface area contributed by atoms with E-state index in [1.807, 2.05) is 0 Å². The number of carbonyl (C=O) groups excluding carboxylic acids is 2. The maximum absolute atomic E-state index is 11.8. The SMILES string of the molecule is C[C@@H](COC(=O)c1ccncc1)OC(=O)c1ccncc1. The van der Waals surface area contributed by atoms with Crippen molar-refractivity contribution in [3.8, 4) is 0 Å². The highest BCUT2D eigenvalue weighted by molar-refractivity contribution is 5.90. The Bertz CT molecular complexity index is 602. The summed E-state index contributed by atoms with van der Waals surface area (Å²) in [5.41, 5.74) is 0.801. The fourth-order valence-electron chi connectivity index (χ4n) is 1.54. The smallest absolute Gasteiger partial charge is 0.338 e. The fourth-order valence-corrected chi connectivity index (χ4v) is 1.54. The average Bonchev–Trinajstić information content (AvgIpc) is 2.54. The third-order valence-corrected chi connectivity index (χ3v) is 2.59. The largest absolute Gasteiger partial charge is 0.458 e. The van der Waals surface area contributed by atoms with Gasteiger partial charge in [-0.2, -0.15) is 0 Å². The molecule has 0 spiro atoms. The summed E-state index contributed by atoms with van der Waals surface area (Å²) in [4.78, 5) is 31.1. The maximum atomic E-state index is 11.8. The Labute approximate surface area is 121 Å². The van der Waals surface area contributed by atoms with Gasteiger partial charge in [0.25, 0.3) is 0 Å². The lowest BCUT2D eigenvalue weighted by molar-refractivity contribution is 0.00447. The third-order valence-electron chi connectivity index (χ3n) is 2.59. The standard InChI is InChI=1S/C15H14N2O4/c1-11(21-15(19)13-4-8-17-9-5-13)10-20-14(18)12-2-6-16-7-3-12/h2-9,11H,10H2,1H3/t11-/m0/s1. The Hall–Kier alpha value is -2.76. The Morgan fingerprint density at radius 1 is 0.952 bits per heavy atom. The molecule has 6 heteroatoms. The first-order valence-corrected chi connectivity index (χ1v) is 6.35. The number of rotatable bonds is 5. The molecule has 0 saturated heterocycles. The topological polar surface area (TPSA) is 78.4 Å². The summed E-state index contributed by atoms with van der Waals surface area (Å²) in [6, 6.07) is 6.21. The van der Waals surface area contributed by atoms with E-state index in [0.29, 0.717) is 11.1 Å². The predicted octanol–water partition coefficient (Wildman–Crippen LogP) is 1.88. The molecule has 0 aliphatic heterocycles. The minimum absolute atomic E-state index is 0.0159.